The molecule has 0 radical (unpaired) electrons. The average Bonchev–Trinajstić information content (AvgIpc) is 2.30. The Labute approximate surface area is 101 Å². The van der Waals surface area contributed by atoms with E-state index in [2.05, 4.69) is 26.1 Å². The third-order valence-corrected chi connectivity index (χ3v) is 3.57. The lowest BCUT2D eigenvalue weighted by Gasteiger charge is -2.33. The molecule has 96 valence electrons. The van der Waals surface area contributed by atoms with E-state index in [4.69, 9.17) is 0 Å². The molecule has 3 nitrogen and oxygen atoms in total. The maximum absolute atomic E-state index is 12.1. The molecule has 0 fully saturated rings. The van der Waals surface area contributed by atoms with E-state index in [0.29, 0.717) is 0 Å². The smallest absolute Gasteiger partial charge is 0.239 e. The molecule has 16 heavy (non-hydrogen) atoms. The van der Waals surface area contributed by atoms with Crippen molar-refractivity contribution >= 4 is 5.91 Å². The van der Waals surface area contributed by atoms with Crippen molar-refractivity contribution in [2.45, 2.75) is 66.0 Å². The summed E-state index contributed by atoms with van der Waals surface area (Å²) < 4.78 is 0. The van der Waals surface area contributed by atoms with E-state index in [1.54, 1.807) is 0 Å². The molecule has 1 amide bonds. The second kappa shape index (κ2) is 6.89. The molecule has 3 heteroatoms. The minimum atomic E-state index is -0.0928. The molecule has 0 saturated carbocycles. The van der Waals surface area contributed by atoms with Gasteiger partial charge in [0, 0.05) is 18.6 Å². The fourth-order valence-electron chi connectivity index (χ4n) is 1.85. The van der Waals surface area contributed by atoms with Gasteiger partial charge >= 0.3 is 0 Å². The quantitative estimate of drug-likeness (QED) is 0.726. The average molecular weight is 228 g/mol. The van der Waals surface area contributed by atoms with E-state index >= 15 is 0 Å². The highest BCUT2D eigenvalue weighted by molar-refractivity contribution is 5.81. The standard InChI is InChI=1S/C13H28N2O/c1-7-13(6,8-2)14-11(5)12(16)15(9-3)10-4/h11,14H,7-10H2,1-6H3. The summed E-state index contributed by atoms with van der Waals surface area (Å²) in [5, 5.41) is 3.45. The maximum atomic E-state index is 12.1. The van der Waals surface area contributed by atoms with E-state index < -0.39 is 0 Å². The van der Waals surface area contributed by atoms with Crippen LogP contribution in [0.2, 0.25) is 0 Å². The second-order valence-corrected chi connectivity index (χ2v) is 4.64. The Balaban J connectivity index is 4.45. The Bertz CT molecular complexity index is 208. The number of rotatable bonds is 7. The lowest BCUT2D eigenvalue weighted by atomic mass is 9.94. The predicted octanol–water partition coefficient (Wildman–Crippen LogP) is 2.41. The molecule has 0 bridgehead atoms. The van der Waals surface area contributed by atoms with Crippen LogP contribution in [-0.4, -0.2) is 35.5 Å². The minimum Gasteiger partial charge on any atom is -0.342 e. The molecule has 1 N–H and O–H groups in total. The number of nitrogens with one attached hydrogen (secondary N) is 1. The fourth-order valence-corrected chi connectivity index (χ4v) is 1.85. The Morgan fingerprint density at radius 3 is 1.94 bits per heavy atom. The van der Waals surface area contributed by atoms with Gasteiger partial charge in [-0.3, -0.25) is 4.79 Å². The van der Waals surface area contributed by atoms with Crippen molar-refractivity contribution in [1.82, 2.24) is 10.2 Å². The molecule has 0 aromatic carbocycles. The van der Waals surface area contributed by atoms with Gasteiger partial charge in [0.1, 0.15) is 0 Å². The summed E-state index contributed by atoms with van der Waals surface area (Å²) in [7, 11) is 0. The maximum Gasteiger partial charge on any atom is 0.239 e. The lowest BCUT2D eigenvalue weighted by Crippen LogP contribution is -2.53. The molecule has 1 unspecified atom stereocenters. The van der Waals surface area contributed by atoms with Crippen molar-refractivity contribution in [3.63, 3.8) is 0 Å². The zero-order chi connectivity index (χ0) is 12.8. The Morgan fingerprint density at radius 1 is 1.19 bits per heavy atom. The number of hydrogen-bond donors (Lipinski definition) is 1. The molecule has 0 spiro atoms. The second-order valence-electron chi connectivity index (χ2n) is 4.64. The first-order chi connectivity index (χ1) is 7.44. The number of carbonyl (C=O) groups excluding carboxylic acids is 1. The van der Waals surface area contributed by atoms with Gasteiger partial charge in [-0.15, -0.1) is 0 Å². The summed E-state index contributed by atoms with van der Waals surface area (Å²) in [6.07, 6.45) is 2.08. The summed E-state index contributed by atoms with van der Waals surface area (Å²) in [6.45, 7) is 14.1. The Morgan fingerprint density at radius 2 is 1.62 bits per heavy atom. The molecule has 1 atom stereocenters. The first kappa shape index (κ1) is 15.4. The number of amides is 1. The largest absolute Gasteiger partial charge is 0.342 e. The van der Waals surface area contributed by atoms with E-state index in [-0.39, 0.29) is 17.5 Å². The zero-order valence-electron chi connectivity index (χ0n) is 11.8. The molecule has 0 saturated heterocycles. The van der Waals surface area contributed by atoms with Crippen LogP contribution in [0.3, 0.4) is 0 Å². The van der Waals surface area contributed by atoms with Gasteiger partial charge < -0.3 is 10.2 Å². The van der Waals surface area contributed by atoms with Crippen molar-refractivity contribution in [2.75, 3.05) is 13.1 Å². The van der Waals surface area contributed by atoms with Gasteiger partial charge in [-0.25, -0.2) is 0 Å². The highest BCUT2D eigenvalue weighted by Gasteiger charge is 2.26. The topological polar surface area (TPSA) is 32.3 Å². The monoisotopic (exact) mass is 228 g/mol. The predicted molar refractivity (Wildman–Crippen MR) is 69.5 cm³/mol. The first-order valence-corrected chi connectivity index (χ1v) is 6.50. The molecular weight excluding hydrogens is 200 g/mol. The van der Waals surface area contributed by atoms with Crippen LogP contribution in [-0.2, 0) is 4.79 Å². The number of carbonyl (C=O) groups is 1. The zero-order valence-corrected chi connectivity index (χ0v) is 11.8. The van der Waals surface area contributed by atoms with Crippen LogP contribution in [0.4, 0.5) is 0 Å². The molecule has 0 aromatic heterocycles. The molecule has 0 heterocycles. The molecule has 0 aromatic rings. The molecule has 0 aliphatic rings. The van der Waals surface area contributed by atoms with Crippen molar-refractivity contribution in [2.24, 2.45) is 0 Å². The summed E-state index contributed by atoms with van der Waals surface area (Å²) in [5.41, 5.74) is 0.0717. The molecule has 0 aliphatic carbocycles. The van der Waals surface area contributed by atoms with Crippen LogP contribution in [0.5, 0.6) is 0 Å². The van der Waals surface area contributed by atoms with Gasteiger partial charge in [-0.1, -0.05) is 13.8 Å². The number of nitrogens with zero attached hydrogens (tertiary/aromatic N) is 1. The number of likely N-dealkylation sites (N-methyl/N-ethyl adjacent to an activating group) is 1. The van der Waals surface area contributed by atoms with Gasteiger partial charge in [0.05, 0.1) is 6.04 Å². The normalized spacial score (nSPS) is 13.6. The van der Waals surface area contributed by atoms with Crippen molar-refractivity contribution in [3.05, 3.63) is 0 Å². The van der Waals surface area contributed by atoms with Gasteiger partial charge in [0.2, 0.25) is 5.91 Å². The van der Waals surface area contributed by atoms with Gasteiger partial charge in [0.25, 0.3) is 0 Å². The highest BCUT2D eigenvalue weighted by Crippen LogP contribution is 2.15. The minimum absolute atomic E-state index is 0.0717. The van der Waals surface area contributed by atoms with E-state index in [0.717, 1.165) is 25.9 Å². The van der Waals surface area contributed by atoms with E-state index in [1.165, 1.54) is 0 Å². The lowest BCUT2D eigenvalue weighted by molar-refractivity contribution is -0.133. The molecular formula is C13H28N2O. The van der Waals surface area contributed by atoms with Crippen molar-refractivity contribution < 1.29 is 4.79 Å². The van der Waals surface area contributed by atoms with Crippen LogP contribution in [0.15, 0.2) is 0 Å². The van der Waals surface area contributed by atoms with Crippen LogP contribution < -0.4 is 5.32 Å². The SMILES string of the molecule is CCN(CC)C(=O)C(C)NC(C)(CC)CC. The first-order valence-electron chi connectivity index (χ1n) is 6.50. The van der Waals surface area contributed by atoms with Crippen molar-refractivity contribution in [3.8, 4) is 0 Å². The van der Waals surface area contributed by atoms with Crippen LogP contribution >= 0.6 is 0 Å². The third-order valence-electron chi connectivity index (χ3n) is 3.57. The van der Waals surface area contributed by atoms with Gasteiger partial charge in [-0.2, -0.15) is 0 Å². The summed E-state index contributed by atoms with van der Waals surface area (Å²) >= 11 is 0. The highest BCUT2D eigenvalue weighted by atomic mass is 16.2. The van der Waals surface area contributed by atoms with Crippen LogP contribution in [0.25, 0.3) is 0 Å². The summed E-state index contributed by atoms with van der Waals surface area (Å²) in [6, 6.07) is -0.0928. The Hall–Kier alpha value is -0.570. The van der Waals surface area contributed by atoms with Crippen molar-refractivity contribution in [1.29, 1.82) is 0 Å². The van der Waals surface area contributed by atoms with E-state index in [9.17, 15) is 4.79 Å². The van der Waals surface area contributed by atoms with Crippen LogP contribution in [0, 0.1) is 0 Å². The Kier molecular flexibility index (Phi) is 6.65. The fraction of sp³-hybridized carbons (Fsp3) is 0.923. The third kappa shape index (κ3) is 4.12. The summed E-state index contributed by atoms with van der Waals surface area (Å²) in [5.74, 6) is 0.207. The summed E-state index contributed by atoms with van der Waals surface area (Å²) in [4.78, 5) is 14.0. The van der Waals surface area contributed by atoms with Gasteiger partial charge in [0.15, 0.2) is 0 Å². The van der Waals surface area contributed by atoms with E-state index in [1.807, 2.05) is 25.7 Å². The molecule has 0 rings (SSSR count). The van der Waals surface area contributed by atoms with Gasteiger partial charge in [-0.05, 0) is 40.5 Å². The van der Waals surface area contributed by atoms with Crippen LogP contribution in [0.1, 0.15) is 54.4 Å². The number of hydrogen-bond acceptors (Lipinski definition) is 2. The molecule has 0 aliphatic heterocycles.